The van der Waals surface area contributed by atoms with Gasteiger partial charge in [0, 0.05) is 13.0 Å². The Morgan fingerprint density at radius 3 is 2.50 bits per heavy atom. The van der Waals surface area contributed by atoms with Crippen LogP contribution in [0.25, 0.3) is 0 Å². The molecule has 0 amide bonds. The highest BCUT2D eigenvalue weighted by Gasteiger charge is 2.25. The molecule has 104 valence electrons. The summed E-state index contributed by atoms with van der Waals surface area (Å²) in [4.78, 5) is 13.3. The molecule has 2 atom stereocenters. The van der Waals surface area contributed by atoms with Crippen LogP contribution in [0.2, 0.25) is 0 Å². The van der Waals surface area contributed by atoms with Crippen molar-refractivity contribution in [3.8, 4) is 0 Å². The first-order chi connectivity index (χ1) is 8.63. The first-order valence-electron chi connectivity index (χ1n) is 7.57. The molecule has 0 aromatic heterocycles. The van der Waals surface area contributed by atoms with E-state index >= 15 is 0 Å². The van der Waals surface area contributed by atoms with E-state index in [9.17, 15) is 4.79 Å². The largest absolute Gasteiger partial charge is 0.481 e. The van der Waals surface area contributed by atoms with E-state index in [1.54, 1.807) is 0 Å². The molecule has 0 bridgehead atoms. The lowest BCUT2D eigenvalue weighted by Crippen LogP contribution is -2.38. The molecule has 0 aromatic rings. The summed E-state index contributed by atoms with van der Waals surface area (Å²) in [6, 6.07) is 0. The van der Waals surface area contributed by atoms with E-state index < -0.39 is 5.97 Å². The Kier molecular flexibility index (Phi) is 5.04. The van der Waals surface area contributed by atoms with Crippen LogP contribution in [0, 0.1) is 17.8 Å². The van der Waals surface area contributed by atoms with E-state index in [4.69, 9.17) is 5.11 Å². The molecule has 1 saturated carbocycles. The van der Waals surface area contributed by atoms with Crippen molar-refractivity contribution < 1.29 is 9.90 Å². The first kappa shape index (κ1) is 13.9. The van der Waals surface area contributed by atoms with E-state index in [0.29, 0.717) is 12.3 Å². The summed E-state index contributed by atoms with van der Waals surface area (Å²) >= 11 is 0. The van der Waals surface area contributed by atoms with Crippen molar-refractivity contribution in [2.75, 3.05) is 19.6 Å². The lowest BCUT2D eigenvalue weighted by molar-refractivity contribution is -0.138. The fraction of sp³-hybridized carbons (Fsp3) is 0.933. The van der Waals surface area contributed by atoms with Crippen molar-refractivity contribution in [1.82, 2.24) is 4.90 Å². The summed E-state index contributed by atoms with van der Waals surface area (Å²) < 4.78 is 0. The molecule has 2 rings (SSSR count). The van der Waals surface area contributed by atoms with Gasteiger partial charge >= 0.3 is 5.97 Å². The second-order valence-corrected chi connectivity index (χ2v) is 6.48. The second-order valence-electron chi connectivity index (χ2n) is 6.48. The number of piperidine rings is 1. The summed E-state index contributed by atoms with van der Waals surface area (Å²) in [7, 11) is 0. The van der Waals surface area contributed by atoms with E-state index in [0.717, 1.165) is 37.8 Å². The summed E-state index contributed by atoms with van der Waals surface area (Å²) in [5, 5.41) is 8.81. The zero-order chi connectivity index (χ0) is 13.0. The molecule has 18 heavy (non-hydrogen) atoms. The number of carboxylic acids is 1. The molecule has 2 aliphatic rings. The smallest absolute Gasteiger partial charge is 0.303 e. The summed E-state index contributed by atoms with van der Waals surface area (Å²) in [5.74, 6) is 1.59. The van der Waals surface area contributed by atoms with Crippen LogP contribution in [0.3, 0.4) is 0 Å². The van der Waals surface area contributed by atoms with E-state index in [1.165, 1.54) is 32.2 Å². The van der Waals surface area contributed by atoms with Crippen molar-refractivity contribution in [2.45, 2.75) is 51.9 Å². The average molecular weight is 253 g/mol. The molecular weight excluding hydrogens is 226 g/mol. The van der Waals surface area contributed by atoms with Crippen molar-refractivity contribution in [2.24, 2.45) is 17.8 Å². The third-order valence-electron chi connectivity index (χ3n) is 4.73. The maximum Gasteiger partial charge on any atom is 0.303 e. The van der Waals surface area contributed by atoms with Crippen LogP contribution in [-0.2, 0) is 4.79 Å². The van der Waals surface area contributed by atoms with Gasteiger partial charge in [-0.3, -0.25) is 4.79 Å². The molecule has 0 aromatic carbocycles. The predicted molar refractivity (Wildman–Crippen MR) is 72.5 cm³/mol. The fourth-order valence-electron chi connectivity index (χ4n) is 3.71. The quantitative estimate of drug-likeness (QED) is 0.837. The summed E-state index contributed by atoms with van der Waals surface area (Å²) in [6.45, 7) is 5.86. The Morgan fingerprint density at radius 2 is 1.89 bits per heavy atom. The molecule has 2 fully saturated rings. The Labute approximate surface area is 111 Å². The number of carboxylic acid groups (broad SMARTS) is 1. The molecule has 2 unspecified atom stereocenters. The van der Waals surface area contributed by atoms with Gasteiger partial charge in [0.2, 0.25) is 0 Å². The van der Waals surface area contributed by atoms with Crippen LogP contribution >= 0.6 is 0 Å². The maximum atomic E-state index is 10.7. The van der Waals surface area contributed by atoms with Crippen LogP contribution in [-0.4, -0.2) is 35.6 Å². The van der Waals surface area contributed by atoms with E-state index in [1.807, 2.05) is 0 Å². The van der Waals surface area contributed by atoms with Gasteiger partial charge < -0.3 is 10.0 Å². The molecule has 1 N–H and O–H groups in total. The third kappa shape index (κ3) is 4.27. The van der Waals surface area contributed by atoms with Gasteiger partial charge in [-0.25, -0.2) is 0 Å². The lowest BCUT2D eigenvalue weighted by atomic mass is 9.82. The highest BCUT2D eigenvalue weighted by molar-refractivity contribution is 5.67. The van der Waals surface area contributed by atoms with Gasteiger partial charge in [-0.05, 0) is 56.5 Å². The van der Waals surface area contributed by atoms with Gasteiger partial charge in [-0.2, -0.15) is 0 Å². The van der Waals surface area contributed by atoms with Gasteiger partial charge in [0.1, 0.15) is 0 Å². The van der Waals surface area contributed by atoms with Crippen LogP contribution in [0.4, 0.5) is 0 Å². The number of aliphatic carboxylic acids is 1. The number of rotatable bonds is 4. The SMILES string of the molecule is CC1CCCC(CN2CCC(CC(=O)O)CC2)C1. The first-order valence-corrected chi connectivity index (χ1v) is 7.57. The second kappa shape index (κ2) is 6.55. The predicted octanol–water partition coefficient (Wildman–Crippen LogP) is 3.00. The number of nitrogens with zero attached hydrogens (tertiary/aromatic N) is 1. The number of likely N-dealkylation sites (tertiary alicyclic amines) is 1. The lowest BCUT2D eigenvalue weighted by Gasteiger charge is -2.36. The maximum absolute atomic E-state index is 10.7. The van der Waals surface area contributed by atoms with Gasteiger partial charge in [-0.1, -0.05) is 19.8 Å². The van der Waals surface area contributed by atoms with Crippen LogP contribution < -0.4 is 0 Å². The molecule has 1 heterocycles. The van der Waals surface area contributed by atoms with Crippen molar-refractivity contribution in [3.05, 3.63) is 0 Å². The average Bonchev–Trinajstić information content (AvgIpc) is 2.31. The van der Waals surface area contributed by atoms with Crippen LogP contribution in [0.15, 0.2) is 0 Å². The molecular formula is C15H27NO2. The van der Waals surface area contributed by atoms with Crippen LogP contribution in [0.1, 0.15) is 51.9 Å². The minimum Gasteiger partial charge on any atom is -0.481 e. The number of carbonyl (C=O) groups is 1. The fourth-order valence-corrected chi connectivity index (χ4v) is 3.71. The van der Waals surface area contributed by atoms with E-state index in [-0.39, 0.29) is 0 Å². The van der Waals surface area contributed by atoms with Gasteiger partial charge in [0.15, 0.2) is 0 Å². The van der Waals surface area contributed by atoms with Gasteiger partial charge in [0.25, 0.3) is 0 Å². The third-order valence-corrected chi connectivity index (χ3v) is 4.73. The van der Waals surface area contributed by atoms with Crippen molar-refractivity contribution >= 4 is 5.97 Å². The Morgan fingerprint density at radius 1 is 1.17 bits per heavy atom. The minimum absolute atomic E-state index is 0.369. The van der Waals surface area contributed by atoms with E-state index in [2.05, 4.69) is 11.8 Å². The topological polar surface area (TPSA) is 40.5 Å². The van der Waals surface area contributed by atoms with Crippen LogP contribution in [0.5, 0.6) is 0 Å². The molecule has 0 spiro atoms. The van der Waals surface area contributed by atoms with Crippen molar-refractivity contribution in [1.29, 1.82) is 0 Å². The zero-order valence-electron chi connectivity index (χ0n) is 11.6. The number of hydrogen-bond acceptors (Lipinski definition) is 2. The van der Waals surface area contributed by atoms with Gasteiger partial charge in [0.05, 0.1) is 0 Å². The Balaban J connectivity index is 1.68. The minimum atomic E-state index is -0.630. The molecule has 3 nitrogen and oxygen atoms in total. The van der Waals surface area contributed by atoms with Gasteiger partial charge in [-0.15, -0.1) is 0 Å². The molecule has 1 saturated heterocycles. The Hall–Kier alpha value is -0.570. The summed E-state index contributed by atoms with van der Waals surface area (Å²) in [5.41, 5.74) is 0. The molecule has 0 radical (unpaired) electrons. The normalized spacial score (nSPS) is 31.4. The standard InChI is InChI=1S/C15H27NO2/c1-12-3-2-4-14(9-12)11-16-7-5-13(6-8-16)10-15(17)18/h12-14H,2-11H2,1H3,(H,17,18). The monoisotopic (exact) mass is 253 g/mol. The molecule has 1 aliphatic heterocycles. The summed E-state index contributed by atoms with van der Waals surface area (Å²) in [6.07, 6.45) is 8.14. The molecule has 3 heteroatoms. The Bertz CT molecular complexity index is 272. The number of hydrogen-bond donors (Lipinski definition) is 1. The highest BCUT2D eigenvalue weighted by Crippen LogP contribution is 2.30. The molecule has 1 aliphatic carbocycles. The highest BCUT2D eigenvalue weighted by atomic mass is 16.4. The zero-order valence-corrected chi connectivity index (χ0v) is 11.6. The van der Waals surface area contributed by atoms with Crippen molar-refractivity contribution in [3.63, 3.8) is 0 Å².